The van der Waals surface area contributed by atoms with Gasteiger partial charge in [0.15, 0.2) is 0 Å². The van der Waals surface area contributed by atoms with E-state index in [1.165, 1.54) is 24.8 Å². The lowest BCUT2D eigenvalue weighted by Gasteiger charge is -2.35. The Balaban J connectivity index is 1.90. The van der Waals surface area contributed by atoms with Gasteiger partial charge in [-0.05, 0) is 55.4 Å². The zero-order valence-electron chi connectivity index (χ0n) is 10.2. The van der Waals surface area contributed by atoms with Crippen LogP contribution in [0.15, 0.2) is 30.3 Å². The summed E-state index contributed by atoms with van der Waals surface area (Å²) >= 11 is 0. The van der Waals surface area contributed by atoms with Crippen LogP contribution in [0.1, 0.15) is 31.7 Å². The van der Waals surface area contributed by atoms with Gasteiger partial charge < -0.3 is 0 Å². The molecular weight excluding hydrogens is 208 g/mol. The van der Waals surface area contributed by atoms with Gasteiger partial charge in [-0.2, -0.15) is 0 Å². The van der Waals surface area contributed by atoms with Gasteiger partial charge in [-0.15, -0.1) is 0 Å². The van der Waals surface area contributed by atoms with Gasteiger partial charge in [0, 0.05) is 0 Å². The Morgan fingerprint density at radius 2 is 1.71 bits per heavy atom. The van der Waals surface area contributed by atoms with E-state index in [-0.39, 0.29) is 5.41 Å². The molecule has 0 aromatic heterocycles. The molecule has 0 amide bonds. The van der Waals surface area contributed by atoms with Gasteiger partial charge in [-0.25, -0.2) is 0 Å². The fourth-order valence-electron chi connectivity index (χ4n) is 5.22. The molecule has 1 aromatic rings. The minimum atomic E-state index is -0.102. The van der Waals surface area contributed by atoms with Crippen LogP contribution >= 0.6 is 0 Å². The van der Waals surface area contributed by atoms with Gasteiger partial charge in [-0.3, -0.25) is 4.79 Å². The Bertz CT molecular complexity index is 460. The maximum absolute atomic E-state index is 12.4. The minimum absolute atomic E-state index is 0.102. The number of Topliss-reactive ketones (excluding diaryl/α,β-unsaturated/α-hetero) is 1. The Morgan fingerprint density at radius 3 is 2.24 bits per heavy atom. The molecule has 3 saturated carbocycles. The second-order valence-corrected chi connectivity index (χ2v) is 6.14. The van der Waals surface area contributed by atoms with Crippen molar-refractivity contribution in [2.45, 2.75) is 31.6 Å². The molecule has 1 unspecified atom stereocenters. The summed E-state index contributed by atoms with van der Waals surface area (Å²) in [5.74, 6) is 3.47. The van der Waals surface area contributed by atoms with Crippen molar-refractivity contribution in [3.63, 3.8) is 0 Å². The van der Waals surface area contributed by atoms with E-state index in [0.717, 1.165) is 11.8 Å². The molecule has 0 saturated heterocycles. The number of hydrogen-bond acceptors (Lipinski definition) is 1. The average Bonchev–Trinajstić information content (AvgIpc) is 3.00. The Kier molecular flexibility index (Phi) is 1.75. The van der Waals surface area contributed by atoms with Crippen molar-refractivity contribution >= 4 is 5.78 Å². The highest BCUT2D eigenvalue weighted by Gasteiger charge is 2.72. The van der Waals surface area contributed by atoms with E-state index in [9.17, 15) is 4.79 Å². The highest BCUT2D eigenvalue weighted by atomic mass is 16.1. The van der Waals surface area contributed by atoms with Crippen LogP contribution in [-0.2, 0) is 10.2 Å². The van der Waals surface area contributed by atoms with E-state index in [4.69, 9.17) is 0 Å². The number of carbonyl (C=O) groups is 1. The minimum Gasteiger partial charge on any atom is -0.299 e. The molecule has 0 radical (unpaired) electrons. The first-order valence-corrected chi connectivity index (χ1v) is 6.83. The molecule has 1 aromatic carbocycles. The zero-order chi connectivity index (χ0) is 11.6. The first kappa shape index (κ1) is 9.87. The molecule has 3 aliphatic carbocycles. The van der Waals surface area contributed by atoms with Crippen molar-refractivity contribution in [2.75, 3.05) is 0 Å². The smallest absolute Gasteiger partial charge is 0.140 e. The first-order valence-electron chi connectivity index (χ1n) is 6.83. The van der Waals surface area contributed by atoms with E-state index in [1.54, 1.807) is 0 Å². The Labute approximate surface area is 102 Å². The summed E-state index contributed by atoms with van der Waals surface area (Å²) in [4.78, 5) is 12.4. The summed E-state index contributed by atoms with van der Waals surface area (Å²) in [5, 5.41) is 0. The molecule has 3 aliphatic rings. The van der Waals surface area contributed by atoms with Crippen molar-refractivity contribution in [1.82, 2.24) is 0 Å². The third kappa shape index (κ3) is 0.994. The molecule has 5 atom stereocenters. The molecular formula is C16H18O. The van der Waals surface area contributed by atoms with E-state index in [0.29, 0.717) is 17.6 Å². The number of carbonyl (C=O) groups excluding carboxylic acids is 1. The van der Waals surface area contributed by atoms with Crippen LogP contribution in [0.3, 0.4) is 0 Å². The van der Waals surface area contributed by atoms with Gasteiger partial charge in [-0.1, -0.05) is 30.3 Å². The Hall–Kier alpha value is -1.11. The molecule has 1 nitrogen and oxygen atoms in total. The standard InChI is InChI=1S/C16H18O/c1-10(17)16(11-5-3-2-4-6-11)14-7-8-15(16)13-9-12(13)14/h2-6,12-15H,7-9H2,1H3/t12-,13+,14-,15+,16?. The molecule has 4 rings (SSSR count). The second-order valence-electron chi connectivity index (χ2n) is 6.14. The van der Waals surface area contributed by atoms with Crippen LogP contribution in [0, 0.1) is 23.7 Å². The number of benzene rings is 1. The third-order valence-corrected chi connectivity index (χ3v) is 5.72. The molecule has 0 N–H and O–H groups in total. The van der Waals surface area contributed by atoms with Gasteiger partial charge >= 0.3 is 0 Å². The van der Waals surface area contributed by atoms with Gasteiger partial charge in [0.05, 0.1) is 5.41 Å². The third-order valence-electron chi connectivity index (χ3n) is 5.72. The average molecular weight is 226 g/mol. The summed E-state index contributed by atoms with van der Waals surface area (Å²) in [6.45, 7) is 1.82. The summed E-state index contributed by atoms with van der Waals surface area (Å²) in [6, 6.07) is 10.6. The monoisotopic (exact) mass is 226 g/mol. The second kappa shape index (κ2) is 3.01. The van der Waals surface area contributed by atoms with Crippen LogP contribution in [0.5, 0.6) is 0 Å². The molecule has 0 spiro atoms. The van der Waals surface area contributed by atoms with E-state index in [2.05, 4.69) is 30.3 Å². The highest BCUT2D eigenvalue weighted by molar-refractivity contribution is 5.90. The van der Waals surface area contributed by atoms with E-state index < -0.39 is 0 Å². The molecule has 3 fully saturated rings. The SMILES string of the molecule is CC(=O)C1(c2ccccc2)[C@@H]2CC[C@H]1[C@H]1C[C@H]12. The maximum atomic E-state index is 12.4. The summed E-state index contributed by atoms with van der Waals surface area (Å²) in [7, 11) is 0. The fraction of sp³-hybridized carbons (Fsp3) is 0.562. The van der Waals surface area contributed by atoms with Gasteiger partial charge in [0.25, 0.3) is 0 Å². The normalized spacial score (nSPS) is 45.7. The first-order chi connectivity index (χ1) is 8.26. The topological polar surface area (TPSA) is 17.1 Å². The van der Waals surface area contributed by atoms with Crippen molar-refractivity contribution in [3.8, 4) is 0 Å². The summed E-state index contributed by atoms with van der Waals surface area (Å²) < 4.78 is 0. The van der Waals surface area contributed by atoms with Gasteiger partial charge in [0.1, 0.15) is 5.78 Å². The van der Waals surface area contributed by atoms with E-state index >= 15 is 0 Å². The van der Waals surface area contributed by atoms with Crippen LogP contribution in [-0.4, -0.2) is 5.78 Å². The number of ketones is 1. The molecule has 0 aliphatic heterocycles. The van der Waals surface area contributed by atoms with Gasteiger partial charge in [0.2, 0.25) is 0 Å². The van der Waals surface area contributed by atoms with Crippen LogP contribution in [0.2, 0.25) is 0 Å². The Morgan fingerprint density at radius 1 is 1.12 bits per heavy atom. The van der Waals surface area contributed by atoms with Crippen molar-refractivity contribution in [1.29, 1.82) is 0 Å². The quantitative estimate of drug-likeness (QED) is 0.757. The van der Waals surface area contributed by atoms with Crippen LogP contribution in [0.4, 0.5) is 0 Å². The maximum Gasteiger partial charge on any atom is 0.140 e. The lowest BCUT2D eigenvalue weighted by Crippen LogP contribution is -2.41. The number of hydrogen-bond donors (Lipinski definition) is 0. The zero-order valence-corrected chi connectivity index (χ0v) is 10.2. The molecule has 17 heavy (non-hydrogen) atoms. The number of fused-ring (bicyclic) bond motifs is 5. The van der Waals surface area contributed by atoms with Crippen LogP contribution < -0.4 is 0 Å². The molecule has 0 heterocycles. The van der Waals surface area contributed by atoms with Crippen LogP contribution in [0.25, 0.3) is 0 Å². The summed E-state index contributed by atoms with van der Waals surface area (Å²) in [6.07, 6.45) is 3.96. The highest BCUT2D eigenvalue weighted by Crippen LogP contribution is 2.73. The molecule has 2 bridgehead atoms. The summed E-state index contributed by atoms with van der Waals surface area (Å²) in [5.41, 5.74) is 1.20. The van der Waals surface area contributed by atoms with E-state index in [1.807, 2.05) is 6.92 Å². The van der Waals surface area contributed by atoms with Crippen molar-refractivity contribution < 1.29 is 4.79 Å². The fourth-order valence-corrected chi connectivity index (χ4v) is 5.22. The molecule has 88 valence electrons. The lowest BCUT2D eigenvalue weighted by atomic mass is 9.66. The lowest BCUT2D eigenvalue weighted by molar-refractivity contribution is -0.124. The number of rotatable bonds is 2. The predicted molar refractivity (Wildman–Crippen MR) is 66.6 cm³/mol. The molecule has 1 heteroatoms. The largest absolute Gasteiger partial charge is 0.299 e. The van der Waals surface area contributed by atoms with Crippen molar-refractivity contribution in [2.24, 2.45) is 23.7 Å². The predicted octanol–water partition coefficient (Wildman–Crippen LogP) is 3.19. The van der Waals surface area contributed by atoms with Crippen molar-refractivity contribution in [3.05, 3.63) is 35.9 Å².